The molecule has 0 aromatic carbocycles. The molecule has 0 saturated heterocycles. The SMILES string of the molecule is CCNC(c1cc(C)c(C)o1)c1sccc1Br. The molecule has 4 heteroatoms. The Morgan fingerprint density at radius 1 is 1.47 bits per heavy atom. The second-order valence-corrected chi connectivity index (χ2v) is 5.81. The van der Waals surface area contributed by atoms with Crippen molar-refractivity contribution in [3.8, 4) is 0 Å². The average molecular weight is 314 g/mol. The smallest absolute Gasteiger partial charge is 0.126 e. The van der Waals surface area contributed by atoms with Gasteiger partial charge < -0.3 is 9.73 Å². The second kappa shape index (κ2) is 5.38. The summed E-state index contributed by atoms with van der Waals surface area (Å²) in [5, 5.41) is 5.56. The number of thiophene rings is 1. The molecule has 0 aliphatic carbocycles. The minimum Gasteiger partial charge on any atom is -0.464 e. The van der Waals surface area contributed by atoms with Gasteiger partial charge in [0.25, 0.3) is 0 Å². The predicted molar refractivity (Wildman–Crippen MR) is 75.7 cm³/mol. The summed E-state index contributed by atoms with van der Waals surface area (Å²) in [5.41, 5.74) is 1.20. The molecule has 2 rings (SSSR count). The zero-order valence-electron chi connectivity index (χ0n) is 10.2. The Morgan fingerprint density at radius 2 is 2.24 bits per heavy atom. The topological polar surface area (TPSA) is 25.2 Å². The van der Waals surface area contributed by atoms with Gasteiger partial charge in [0.15, 0.2) is 0 Å². The van der Waals surface area contributed by atoms with Gasteiger partial charge in [-0.05, 0) is 59.4 Å². The number of aryl methyl sites for hydroxylation is 2. The lowest BCUT2D eigenvalue weighted by molar-refractivity contribution is 0.436. The van der Waals surface area contributed by atoms with Gasteiger partial charge in [0.2, 0.25) is 0 Å². The third-order valence-corrected chi connectivity index (χ3v) is 4.72. The van der Waals surface area contributed by atoms with E-state index in [0.29, 0.717) is 0 Å². The molecule has 0 spiro atoms. The monoisotopic (exact) mass is 313 g/mol. The van der Waals surface area contributed by atoms with Gasteiger partial charge in [0.05, 0.1) is 0 Å². The van der Waals surface area contributed by atoms with Crippen molar-refractivity contribution in [3.05, 3.63) is 43.9 Å². The van der Waals surface area contributed by atoms with Gasteiger partial charge in [-0.15, -0.1) is 11.3 Å². The summed E-state index contributed by atoms with van der Waals surface area (Å²) < 4.78 is 6.97. The molecule has 1 atom stereocenters. The van der Waals surface area contributed by atoms with Gasteiger partial charge in [-0.1, -0.05) is 6.92 Å². The number of hydrogen-bond acceptors (Lipinski definition) is 3. The Labute approximate surface area is 114 Å². The number of halogens is 1. The first-order valence-corrected chi connectivity index (χ1v) is 7.34. The summed E-state index contributed by atoms with van der Waals surface area (Å²) >= 11 is 5.33. The first-order chi connectivity index (χ1) is 8.13. The maximum absolute atomic E-state index is 5.83. The normalized spacial score (nSPS) is 12.9. The highest BCUT2D eigenvalue weighted by molar-refractivity contribution is 9.10. The summed E-state index contributed by atoms with van der Waals surface area (Å²) in [6.45, 7) is 7.10. The summed E-state index contributed by atoms with van der Waals surface area (Å²) in [5.74, 6) is 1.99. The summed E-state index contributed by atoms with van der Waals surface area (Å²) in [7, 11) is 0. The van der Waals surface area contributed by atoms with Crippen LogP contribution in [0, 0.1) is 13.8 Å². The quantitative estimate of drug-likeness (QED) is 0.904. The van der Waals surface area contributed by atoms with Crippen LogP contribution >= 0.6 is 27.3 Å². The molecule has 2 heterocycles. The van der Waals surface area contributed by atoms with Crippen LogP contribution in [-0.4, -0.2) is 6.54 Å². The summed E-state index contributed by atoms with van der Waals surface area (Å²) in [4.78, 5) is 1.26. The molecule has 0 fully saturated rings. The van der Waals surface area contributed by atoms with Crippen molar-refractivity contribution < 1.29 is 4.42 Å². The second-order valence-electron chi connectivity index (χ2n) is 4.01. The van der Waals surface area contributed by atoms with Crippen molar-refractivity contribution in [2.75, 3.05) is 6.54 Å². The fourth-order valence-electron chi connectivity index (χ4n) is 1.78. The number of nitrogens with one attached hydrogen (secondary N) is 1. The van der Waals surface area contributed by atoms with Crippen molar-refractivity contribution in [2.45, 2.75) is 26.8 Å². The van der Waals surface area contributed by atoms with E-state index in [1.54, 1.807) is 11.3 Å². The minimum atomic E-state index is 0.141. The van der Waals surface area contributed by atoms with E-state index < -0.39 is 0 Å². The molecule has 0 aliphatic heterocycles. The van der Waals surface area contributed by atoms with E-state index in [0.717, 1.165) is 22.5 Å². The van der Waals surface area contributed by atoms with E-state index in [4.69, 9.17) is 4.42 Å². The van der Waals surface area contributed by atoms with Gasteiger partial charge in [0.1, 0.15) is 17.6 Å². The highest BCUT2D eigenvalue weighted by atomic mass is 79.9. The fraction of sp³-hybridized carbons (Fsp3) is 0.385. The molecular formula is C13H16BrNOS. The molecule has 0 saturated carbocycles. The van der Waals surface area contributed by atoms with Crippen molar-refractivity contribution >= 4 is 27.3 Å². The third-order valence-electron chi connectivity index (χ3n) is 2.78. The molecule has 1 N–H and O–H groups in total. The van der Waals surface area contributed by atoms with Crippen molar-refractivity contribution in [1.82, 2.24) is 5.32 Å². The number of rotatable bonds is 4. The lowest BCUT2D eigenvalue weighted by atomic mass is 10.1. The van der Waals surface area contributed by atoms with Crippen LogP contribution in [0.5, 0.6) is 0 Å². The minimum absolute atomic E-state index is 0.141. The van der Waals surface area contributed by atoms with Crippen molar-refractivity contribution in [3.63, 3.8) is 0 Å². The summed E-state index contributed by atoms with van der Waals surface area (Å²) in [6.07, 6.45) is 0. The summed E-state index contributed by atoms with van der Waals surface area (Å²) in [6, 6.07) is 4.34. The van der Waals surface area contributed by atoms with Crippen LogP contribution in [0.1, 0.15) is 34.9 Å². The van der Waals surface area contributed by atoms with Crippen LogP contribution in [-0.2, 0) is 0 Å². The first kappa shape index (κ1) is 12.9. The molecular weight excluding hydrogens is 298 g/mol. The van der Waals surface area contributed by atoms with Crippen LogP contribution in [0.3, 0.4) is 0 Å². The van der Waals surface area contributed by atoms with Crippen molar-refractivity contribution in [2.24, 2.45) is 0 Å². The standard InChI is InChI=1S/C13H16BrNOS/c1-4-15-12(13-10(14)5-6-17-13)11-7-8(2)9(3)16-11/h5-7,12,15H,4H2,1-3H3. The van der Waals surface area contributed by atoms with Crippen LogP contribution < -0.4 is 5.32 Å². The zero-order valence-corrected chi connectivity index (χ0v) is 12.6. The van der Waals surface area contributed by atoms with E-state index >= 15 is 0 Å². The maximum atomic E-state index is 5.83. The van der Waals surface area contributed by atoms with Gasteiger partial charge in [0, 0.05) is 9.35 Å². The molecule has 92 valence electrons. The highest BCUT2D eigenvalue weighted by Gasteiger charge is 2.21. The van der Waals surface area contributed by atoms with Gasteiger partial charge in [-0.2, -0.15) is 0 Å². The molecule has 0 amide bonds. The molecule has 2 nitrogen and oxygen atoms in total. The molecule has 0 aliphatic rings. The van der Waals surface area contributed by atoms with Crippen molar-refractivity contribution in [1.29, 1.82) is 0 Å². The molecule has 1 unspecified atom stereocenters. The van der Waals surface area contributed by atoms with Crippen LogP contribution in [0.2, 0.25) is 0 Å². The van der Waals surface area contributed by atoms with E-state index in [1.807, 2.05) is 6.92 Å². The largest absolute Gasteiger partial charge is 0.464 e. The Bertz CT molecular complexity index is 484. The van der Waals surface area contributed by atoms with E-state index in [1.165, 1.54) is 10.4 Å². The lowest BCUT2D eigenvalue weighted by Crippen LogP contribution is -2.20. The first-order valence-electron chi connectivity index (χ1n) is 5.66. The van der Waals surface area contributed by atoms with E-state index in [-0.39, 0.29) is 6.04 Å². The fourth-order valence-corrected chi connectivity index (χ4v) is 3.47. The number of furan rings is 1. The van der Waals surface area contributed by atoms with Gasteiger partial charge in [-0.25, -0.2) is 0 Å². The Balaban J connectivity index is 2.39. The Morgan fingerprint density at radius 3 is 2.71 bits per heavy atom. The molecule has 17 heavy (non-hydrogen) atoms. The molecule has 2 aromatic rings. The molecule has 0 radical (unpaired) electrons. The van der Waals surface area contributed by atoms with Crippen LogP contribution in [0.15, 0.2) is 26.4 Å². The average Bonchev–Trinajstić information content (AvgIpc) is 2.83. The Kier molecular flexibility index (Phi) is 4.07. The highest BCUT2D eigenvalue weighted by Crippen LogP contribution is 2.34. The van der Waals surface area contributed by atoms with Crippen LogP contribution in [0.4, 0.5) is 0 Å². The van der Waals surface area contributed by atoms with Gasteiger partial charge in [-0.3, -0.25) is 0 Å². The van der Waals surface area contributed by atoms with E-state index in [2.05, 4.69) is 52.6 Å². The lowest BCUT2D eigenvalue weighted by Gasteiger charge is -2.14. The third kappa shape index (κ3) is 2.64. The van der Waals surface area contributed by atoms with Crippen LogP contribution in [0.25, 0.3) is 0 Å². The molecule has 0 bridgehead atoms. The van der Waals surface area contributed by atoms with E-state index in [9.17, 15) is 0 Å². The maximum Gasteiger partial charge on any atom is 0.126 e. The van der Waals surface area contributed by atoms with Gasteiger partial charge >= 0.3 is 0 Å². The predicted octanol–water partition coefficient (Wildman–Crippen LogP) is 4.42. The zero-order chi connectivity index (χ0) is 12.4. The molecule has 2 aromatic heterocycles. The Hall–Kier alpha value is -0.580. The number of hydrogen-bond donors (Lipinski definition) is 1.